The van der Waals surface area contributed by atoms with Gasteiger partial charge in [0.05, 0.1) is 29.8 Å². The van der Waals surface area contributed by atoms with Crippen LogP contribution in [0, 0.1) is 5.92 Å². The quantitative estimate of drug-likeness (QED) is 0.200. The van der Waals surface area contributed by atoms with E-state index in [9.17, 15) is 9.59 Å². The summed E-state index contributed by atoms with van der Waals surface area (Å²) >= 11 is 0. The number of aromatic nitrogens is 1. The second-order valence-electron chi connectivity index (χ2n) is 12.9. The summed E-state index contributed by atoms with van der Waals surface area (Å²) in [5, 5.41) is 4.33. The lowest BCUT2D eigenvalue weighted by molar-refractivity contribution is -0.143. The van der Waals surface area contributed by atoms with Gasteiger partial charge in [-0.25, -0.2) is 4.98 Å². The molecule has 2 heterocycles. The lowest BCUT2D eigenvalue weighted by Crippen LogP contribution is -2.48. The number of benzene rings is 3. The molecule has 1 N–H and O–H groups in total. The molecule has 1 aromatic heterocycles. The molecule has 1 amide bonds. The summed E-state index contributed by atoms with van der Waals surface area (Å²) in [6, 6.07) is 28.3. The fourth-order valence-electron chi connectivity index (χ4n) is 7.29. The first kappa shape index (κ1) is 31.9. The molecule has 0 bridgehead atoms. The summed E-state index contributed by atoms with van der Waals surface area (Å²) in [7, 11) is 1.46. The number of carbonyl (C=O) groups is 2. The Bertz CT molecular complexity index is 1610. The molecule has 1 saturated carbocycles. The molecule has 7 heteroatoms. The summed E-state index contributed by atoms with van der Waals surface area (Å²) in [4.78, 5) is 37.0. The number of piperazine rings is 1. The molecule has 1 aliphatic heterocycles. The third-order valence-corrected chi connectivity index (χ3v) is 9.96. The van der Waals surface area contributed by atoms with Crippen molar-refractivity contribution in [3.05, 3.63) is 102 Å². The van der Waals surface area contributed by atoms with Gasteiger partial charge in [-0.15, -0.1) is 0 Å². The summed E-state index contributed by atoms with van der Waals surface area (Å²) in [5.41, 5.74) is 5.41. The maximum Gasteiger partial charge on any atom is 0.314 e. The van der Waals surface area contributed by atoms with Crippen LogP contribution in [-0.2, 0) is 16.1 Å². The van der Waals surface area contributed by atoms with Crippen molar-refractivity contribution in [2.75, 3.05) is 39.8 Å². The molecule has 0 unspecified atom stereocenters. The first-order valence-corrected chi connectivity index (χ1v) is 16.9. The largest absolute Gasteiger partial charge is 0.469 e. The van der Waals surface area contributed by atoms with Crippen molar-refractivity contribution in [2.45, 2.75) is 57.5 Å². The minimum Gasteiger partial charge on any atom is -0.469 e. The molecule has 3 aromatic carbocycles. The average molecular weight is 619 g/mol. The molecule has 4 aromatic rings. The number of nitrogens with one attached hydrogen (secondary N) is 1. The Morgan fingerprint density at radius 3 is 2.17 bits per heavy atom. The molecule has 1 saturated heterocycles. The first-order valence-electron chi connectivity index (χ1n) is 16.9. The third-order valence-electron chi connectivity index (χ3n) is 9.96. The monoisotopic (exact) mass is 618 g/mol. The van der Waals surface area contributed by atoms with Crippen LogP contribution in [0.1, 0.15) is 66.4 Å². The first-order chi connectivity index (χ1) is 22.5. The standard InChI is InChI=1S/C39H46N4O3/c1-28(29-14-6-3-7-15-29)40-38(44)36-32-20-12-13-21-35(32)41-37(31-18-10-5-11-19-31)34(36)27-43-24-22-42(23-25-43)26-33(39(45)46-2)30-16-8-4-9-17-30/h4-5,8-13,16-21,28-29,33H,3,6-7,14-15,22-27H2,1-2H3,(H,40,44)/t28-,33-/m0/s1. The van der Waals surface area contributed by atoms with Gasteiger partial charge in [0.2, 0.25) is 0 Å². The summed E-state index contributed by atoms with van der Waals surface area (Å²) < 4.78 is 5.18. The fourth-order valence-corrected chi connectivity index (χ4v) is 7.29. The number of hydrogen-bond donors (Lipinski definition) is 1. The second-order valence-corrected chi connectivity index (χ2v) is 12.9. The summed E-state index contributed by atoms with van der Waals surface area (Å²) in [6.07, 6.45) is 6.12. The second kappa shape index (κ2) is 15.0. The predicted octanol–water partition coefficient (Wildman–Crippen LogP) is 6.67. The highest BCUT2D eigenvalue weighted by Crippen LogP contribution is 2.33. The van der Waals surface area contributed by atoms with Crippen LogP contribution in [0.3, 0.4) is 0 Å². The Labute approximate surface area is 273 Å². The van der Waals surface area contributed by atoms with Gasteiger partial charge in [-0.1, -0.05) is 98.1 Å². The van der Waals surface area contributed by atoms with E-state index in [0.717, 1.165) is 65.0 Å². The van der Waals surface area contributed by atoms with Gasteiger partial charge in [0.15, 0.2) is 0 Å². The van der Waals surface area contributed by atoms with Crippen molar-refractivity contribution < 1.29 is 14.3 Å². The highest BCUT2D eigenvalue weighted by atomic mass is 16.5. The van der Waals surface area contributed by atoms with Gasteiger partial charge in [0.1, 0.15) is 0 Å². The van der Waals surface area contributed by atoms with E-state index < -0.39 is 0 Å². The van der Waals surface area contributed by atoms with E-state index in [1.165, 1.54) is 39.2 Å². The van der Waals surface area contributed by atoms with Gasteiger partial charge in [-0.05, 0) is 37.3 Å². The molecule has 6 rings (SSSR count). The van der Waals surface area contributed by atoms with Gasteiger partial charge in [-0.2, -0.15) is 0 Å². The van der Waals surface area contributed by atoms with Crippen molar-refractivity contribution >= 4 is 22.8 Å². The Balaban J connectivity index is 1.27. The zero-order valence-electron chi connectivity index (χ0n) is 27.2. The van der Waals surface area contributed by atoms with Crippen LogP contribution >= 0.6 is 0 Å². The highest BCUT2D eigenvalue weighted by molar-refractivity contribution is 6.09. The number of carbonyl (C=O) groups excluding carboxylic acids is 2. The van der Waals surface area contributed by atoms with Crippen molar-refractivity contribution in [3.8, 4) is 11.3 Å². The van der Waals surface area contributed by atoms with Crippen LogP contribution in [0.4, 0.5) is 0 Å². The van der Waals surface area contributed by atoms with Crippen molar-refractivity contribution in [2.24, 2.45) is 5.92 Å². The van der Waals surface area contributed by atoms with E-state index in [1.54, 1.807) is 0 Å². The number of pyridine rings is 1. The number of ether oxygens (including phenoxy) is 1. The van der Waals surface area contributed by atoms with E-state index >= 15 is 0 Å². The number of amides is 1. The minimum atomic E-state index is -0.325. The molecule has 0 radical (unpaired) electrons. The van der Waals surface area contributed by atoms with Crippen LogP contribution < -0.4 is 5.32 Å². The summed E-state index contributed by atoms with van der Waals surface area (Å²) in [5.74, 6) is -0.0260. The lowest BCUT2D eigenvalue weighted by atomic mass is 9.84. The zero-order valence-corrected chi connectivity index (χ0v) is 27.2. The number of para-hydroxylation sites is 1. The average Bonchev–Trinajstić information content (AvgIpc) is 3.11. The van der Waals surface area contributed by atoms with Crippen LogP contribution in [-0.4, -0.2) is 72.5 Å². The molecule has 1 aliphatic carbocycles. The Hall–Kier alpha value is -4.07. The number of nitrogens with zero attached hydrogens (tertiary/aromatic N) is 3. The Morgan fingerprint density at radius 1 is 0.848 bits per heavy atom. The van der Waals surface area contributed by atoms with E-state index in [4.69, 9.17) is 9.72 Å². The molecule has 240 valence electrons. The number of fused-ring (bicyclic) bond motifs is 1. The van der Waals surface area contributed by atoms with E-state index in [0.29, 0.717) is 19.0 Å². The van der Waals surface area contributed by atoms with Crippen LogP contribution in [0.2, 0.25) is 0 Å². The number of esters is 1. The van der Waals surface area contributed by atoms with Gasteiger partial charge < -0.3 is 10.1 Å². The molecule has 2 aliphatic rings. The van der Waals surface area contributed by atoms with Gasteiger partial charge in [0.25, 0.3) is 5.91 Å². The fraction of sp³-hybridized carbons (Fsp3) is 0.410. The number of hydrogen-bond acceptors (Lipinski definition) is 6. The topological polar surface area (TPSA) is 74.8 Å². The maximum atomic E-state index is 14.3. The molecule has 0 spiro atoms. The molecular formula is C39H46N4O3. The maximum absolute atomic E-state index is 14.3. The van der Waals surface area contributed by atoms with Crippen LogP contribution in [0.5, 0.6) is 0 Å². The van der Waals surface area contributed by atoms with Gasteiger partial charge in [-0.3, -0.25) is 19.4 Å². The van der Waals surface area contributed by atoms with Crippen molar-refractivity contribution in [3.63, 3.8) is 0 Å². The highest BCUT2D eigenvalue weighted by Gasteiger charge is 2.30. The Morgan fingerprint density at radius 2 is 1.48 bits per heavy atom. The predicted molar refractivity (Wildman–Crippen MR) is 184 cm³/mol. The van der Waals surface area contributed by atoms with Gasteiger partial charge >= 0.3 is 5.97 Å². The van der Waals surface area contributed by atoms with Crippen LogP contribution in [0.15, 0.2) is 84.9 Å². The van der Waals surface area contributed by atoms with Crippen molar-refractivity contribution in [1.82, 2.24) is 20.1 Å². The van der Waals surface area contributed by atoms with E-state index in [-0.39, 0.29) is 23.8 Å². The number of methoxy groups -OCH3 is 1. The van der Waals surface area contributed by atoms with Crippen LogP contribution in [0.25, 0.3) is 22.2 Å². The molecular weight excluding hydrogens is 572 g/mol. The lowest BCUT2D eigenvalue weighted by Gasteiger charge is -2.36. The normalized spacial score (nSPS) is 17.8. The van der Waals surface area contributed by atoms with Gasteiger partial charge in [0, 0.05) is 61.8 Å². The molecule has 2 atom stereocenters. The zero-order chi connectivity index (χ0) is 31.9. The smallest absolute Gasteiger partial charge is 0.314 e. The Kier molecular flexibility index (Phi) is 10.4. The number of rotatable bonds is 10. The molecule has 46 heavy (non-hydrogen) atoms. The SMILES string of the molecule is COC(=O)[C@@H](CN1CCN(Cc2c(-c3ccccc3)nc3ccccc3c2C(=O)N[C@@H](C)C2CCCCC2)CC1)c1ccccc1. The van der Waals surface area contributed by atoms with E-state index in [1.807, 2.05) is 72.8 Å². The minimum absolute atomic E-state index is 0.00808. The van der Waals surface area contributed by atoms with Crippen molar-refractivity contribution in [1.29, 1.82) is 0 Å². The summed E-state index contributed by atoms with van der Waals surface area (Å²) in [6.45, 7) is 6.70. The van der Waals surface area contributed by atoms with E-state index in [2.05, 4.69) is 34.2 Å². The molecule has 7 nitrogen and oxygen atoms in total. The molecule has 2 fully saturated rings. The third kappa shape index (κ3) is 7.32.